The lowest BCUT2D eigenvalue weighted by molar-refractivity contribution is 0.0593. The second-order valence-corrected chi connectivity index (χ2v) is 9.56. The van der Waals surface area contributed by atoms with Crippen molar-refractivity contribution in [3.05, 3.63) is 59.2 Å². The van der Waals surface area contributed by atoms with Crippen LogP contribution >= 0.6 is 11.6 Å². The Morgan fingerprint density at radius 1 is 1.03 bits per heavy atom. The smallest absolute Gasteiger partial charge is 0.122 e. The number of phenols is 1. The van der Waals surface area contributed by atoms with Gasteiger partial charge in [0.15, 0.2) is 0 Å². The van der Waals surface area contributed by atoms with E-state index in [0.29, 0.717) is 17.3 Å². The van der Waals surface area contributed by atoms with Gasteiger partial charge in [-0.1, -0.05) is 24.1 Å². The summed E-state index contributed by atoms with van der Waals surface area (Å²) in [4.78, 5) is 7.09. The van der Waals surface area contributed by atoms with Gasteiger partial charge in [0.1, 0.15) is 5.75 Å². The van der Waals surface area contributed by atoms with Crippen LogP contribution in [0.2, 0.25) is 5.02 Å². The maximum absolute atomic E-state index is 10.6. The largest absolute Gasteiger partial charge is 0.508 e. The molecule has 0 amide bonds. The molecule has 5 rings (SSSR count). The summed E-state index contributed by atoms with van der Waals surface area (Å²) in [7, 11) is 0. The van der Waals surface area contributed by atoms with Gasteiger partial charge in [-0.2, -0.15) is 0 Å². The minimum atomic E-state index is 0.312. The van der Waals surface area contributed by atoms with Crippen LogP contribution in [0, 0.1) is 5.92 Å². The number of rotatable bonds is 6. The molecule has 1 aromatic heterocycles. The van der Waals surface area contributed by atoms with Crippen LogP contribution in [-0.4, -0.2) is 40.7 Å². The lowest BCUT2D eigenvalue weighted by Gasteiger charge is -2.44. The number of nitrogens with zero attached hydrogens (tertiary/aromatic N) is 2. The average molecular weight is 451 g/mol. The Hall–Kier alpha value is -2.34. The highest BCUT2D eigenvalue weighted by Crippen LogP contribution is 2.32. The monoisotopic (exact) mass is 450 g/mol. The molecule has 0 saturated carbocycles. The quantitative estimate of drug-likeness (QED) is 0.450. The number of benzene rings is 2. The summed E-state index contributed by atoms with van der Waals surface area (Å²) in [6.45, 7) is 4.25. The minimum absolute atomic E-state index is 0.312. The highest BCUT2D eigenvalue weighted by atomic mass is 35.5. The topological polar surface area (TPSA) is 60.4 Å². The number of hydrogen-bond donors (Lipinski definition) is 3. The normalized spacial score (nSPS) is 21.4. The molecule has 0 aliphatic carbocycles. The Balaban J connectivity index is 1.21. The average Bonchev–Trinajstić information content (AvgIpc) is 2.80. The van der Waals surface area contributed by atoms with Crippen LogP contribution in [0.1, 0.15) is 37.7 Å². The molecule has 2 aliphatic rings. The number of anilines is 2. The summed E-state index contributed by atoms with van der Waals surface area (Å²) in [5.41, 5.74) is 3.55. The highest BCUT2D eigenvalue weighted by molar-refractivity contribution is 6.31. The Labute approximate surface area is 194 Å². The molecule has 2 aromatic carbocycles. The van der Waals surface area contributed by atoms with Crippen LogP contribution in [0.15, 0.2) is 48.7 Å². The van der Waals surface area contributed by atoms with Crippen LogP contribution in [0.5, 0.6) is 5.75 Å². The molecule has 0 radical (unpaired) electrons. The highest BCUT2D eigenvalue weighted by Gasteiger charge is 2.32. The van der Waals surface area contributed by atoms with Gasteiger partial charge >= 0.3 is 0 Å². The molecule has 3 N–H and O–H groups in total. The van der Waals surface area contributed by atoms with Crippen molar-refractivity contribution >= 4 is 33.9 Å². The number of fused-ring (bicyclic) bond motifs is 2. The first-order valence-electron chi connectivity index (χ1n) is 11.8. The predicted molar refractivity (Wildman–Crippen MR) is 132 cm³/mol. The van der Waals surface area contributed by atoms with Crippen LogP contribution in [0.3, 0.4) is 0 Å². The van der Waals surface area contributed by atoms with E-state index in [2.05, 4.69) is 20.5 Å². The number of nitrogens with one attached hydrogen (secondary N) is 2. The zero-order chi connectivity index (χ0) is 21.9. The molecule has 3 heterocycles. The minimum Gasteiger partial charge on any atom is -0.508 e. The number of piperidine rings is 2. The third-order valence-corrected chi connectivity index (χ3v) is 7.25. The first kappa shape index (κ1) is 21.5. The van der Waals surface area contributed by atoms with E-state index in [4.69, 9.17) is 11.6 Å². The van der Waals surface area contributed by atoms with Crippen molar-refractivity contribution in [3.8, 4) is 5.75 Å². The fourth-order valence-corrected chi connectivity index (χ4v) is 5.55. The summed E-state index contributed by atoms with van der Waals surface area (Å²) >= 11 is 6.09. The number of pyridine rings is 1. The van der Waals surface area contributed by atoms with Gasteiger partial charge in [0.2, 0.25) is 0 Å². The van der Waals surface area contributed by atoms with Crippen molar-refractivity contribution in [1.29, 1.82) is 0 Å². The first-order chi connectivity index (χ1) is 15.7. The molecule has 6 heteroatoms. The van der Waals surface area contributed by atoms with Crippen molar-refractivity contribution in [2.75, 3.05) is 25.0 Å². The van der Waals surface area contributed by atoms with Gasteiger partial charge in [0.25, 0.3) is 0 Å². The van der Waals surface area contributed by atoms with E-state index < -0.39 is 0 Å². The molecule has 32 heavy (non-hydrogen) atoms. The molecule has 3 aromatic rings. The molecular weight excluding hydrogens is 420 g/mol. The third-order valence-electron chi connectivity index (χ3n) is 7.02. The SMILES string of the molecule is Oc1cc(Nc2ccnc3cc(Cl)ccc23)ccc1CNC[C@@H]1CCCN2CCCC[C@H]12. The van der Waals surface area contributed by atoms with Crippen molar-refractivity contribution in [2.24, 2.45) is 5.92 Å². The van der Waals surface area contributed by atoms with Crippen LogP contribution < -0.4 is 10.6 Å². The van der Waals surface area contributed by atoms with E-state index in [9.17, 15) is 5.11 Å². The number of aromatic hydroxyl groups is 1. The Morgan fingerprint density at radius 3 is 2.84 bits per heavy atom. The van der Waals surface area contributed by atoms with E-state index >= 15 is 0 Å². The molecule has 0 spiro atoms. The van der Waals surface area contributed by atoms with Gasteiger partial charge in [-0.05, 0) is 81.6 Å². The number of phenolic OH excluding ortho intramolecular Hbond substituents is 1. The molecule has 2 fully saturated rings. The predicted octanol–water partition coefficient (Wildman–Crippen LogP) is 5.69. The number of hydrogen-bond acceptors (Lipinski definition) is 5. The second-order valence-electron chi connectivity index (χ2n) is 9.12. The van der Waals surface area contributed by atoms with Crippen molar-refractivity contribution in [1.82, 2.24) is 15.2 Å². The maximum Gasteiger partial charge on any atom is 0.122 e. The lowest BCUT2D eigenvalue weighted by Crippen LogP contribution is -2.50. The summed E-state index contributed by atoms with van der Waals surface area (Å²) in [5, 5.41) is 19.3. The third kappa shape index (κ3) is 4.70. The molecule has 2 saturated heterocycles. The molecule has 0 bridgehead atoms. The fraction of sp³-hybridized carbons (Fsp3) is 0.423. The summed E-state index contributed by atoms with van der Waals surface area (Å²) in [5.74, 6) is 1.03. The Bertz CT molecular complexity index is 1090. The van der Waals surface area contributed by atoms with Gasteiger partial charge in [-0.3, -0.25) is 4.98 Å². The molecule has 2 aliphatic heterocycles. The summed E-state index contributed by atoms with van der Waals surface area (Å²) < 4.78 is 0. The van der Waals surface area contributed by atoms with Gasteiger partial charge in [0, 0.05) is 52.2 Å². The summed E-state index contributed by atoms with van der Waals surface area (Å²) in [6.07, 6.45) is 8.45. The maximum atomic E-state index is 10.6. The molecule has 2 atom stereocenters. The second kappa shape index (κ2) is 9.65. The van der Waals surface area contributed by atoms with E-state index in [0.717, 1.165) is 46.3 Å². The van der Waals surface area contributed by atoms with Gasteiger partial charge in [0.05, 0.1) is 5.52 Å². The van der Waals surface area contributed by atoms with Gasteiger partial charge < -0.3 is 20.6 Å². The van der Waals surface area contributed by atoms with Crippen LogP contribution in [0.25, 0.3) is 10.9 Å². The van der Waals surface area contributed by atoms with Crippen LogP contribution in [-0.2, 0) is 6.54 Å². The lowest BCUT2D eigenvalue weighted by atomic mass is 9.83. The zero-order valence-corrected chi connectivity index (χ0v) is 19.1. The Kier molecular flexibility index (Phi) is 6.49. The van der Waals surface area contributed by atoms with E-state index in [1.54, 1.807) is 12.3 Å². The number of halogens is 1. The van der Waals surface area contributed by atoms with E-state index in [1.807, 2.05) is 36.4 Å². The molecule has 168 valence electrons. The molecule has 5 nitrogen and oxygen atoms in total. The molecule has 0 unspecified atom stereocenters. The number of aromatic nitrogens is 1. The van der Waals surface area contributed by atoms with Crippen molar-refractivity contribution in [2.45, 2.75) is 44.7 Å². The standard InChI is InChI=1S/C26H31ClN4O/c27-20-7-9-22-23(10-11-29-24(22)14-20)30-21-8-6-19(26(32)15-21)17-28-16-18-4-3-13-31-12-2-1-5-25(18)31/h6-11,14-15,18,25,28,32H,1-5,12-13,16-17H2,(H,29,30)/t18-,25+/m0/s1. The van der Waals surface area contributed by atoms with Crippen molar-refractivity contribution < 1.29 is 5.11 Å². The van der Waals surface area contributed by atoms with Crippen LogP contribution in [0.4, 0.5) is 11.4 Å². The molecular formula is C26H31ClN4O. The summed E-state index contributed by atoms with van der Waals surface area (Å²) in [6, 6.07) is 14.2. The van der Waals surface area contributed by atoms with E-state index in [1.165, 1.54) is 45.2 Å². The first-order valence-corrected chi connectivity index (χ1v) is 12.1. The zero-order valence-electron chi connectivity index (χ0n) is 18.4. The Morgan fingerprint density at radius 2 is 1.94 bits per heavy atom. The van der Waals surface area contributed by atoms with Crippen molar-refractivity contribution in [3.63, 3.8) is 0 Å². The van der Waals surface area contributed by atoms with Gasteiger partial charge in [-0.25, -0.2) is 0 Å². The fourth-order valence-electron chi connectivity index (χ4n) is 5.38. The van der Waals surface area contributed by atoms with Gasteiger partial charge in [-0.15, -0.1) is 0 Å². The van der Waals surface area contributed by atoms with E-state index in [-0.39, 0.29) is 0 Å².